The Hall–Kier alpha value is -4.79. The van der Waals surface area contributed by atoms with Gasteiger partial charge < -0.3 is 14.5 Å². The lowest BCUT2D eigenvalue weighted by Crippen LogP contribution is -2.30. The second-order valence-electron chi connectivity index (χ2n) is 8.11. The van der Waals surface area contributed by atoms with Crippen LogP contribution in [0.3, 0.4) is 0 Å². The van der Waals surface area contributed by atoms with Gasteiger partial charge in [0.05, 0.1) is 27.1 Å². The van der Waals surface area contributed by atoms with Crippen LogP contribution in [0.5, 0.6) is 0 Å². The molecule has 9 heteroatoms. The maximum atomic E-state index is 12.6. The van der Waals surface area contributed by atoms with Gasteiger partial charge in [0.1, 0.15) is 0 Å². The Morgan fingerprint density at radius 3 is 2.57 bits per heavy atom. The van der Waals surface area contributed by atoms with Crippen LogP contribution >= 0.6 is 0 Å². The normalized spacial score (nSPS) is 15.0. The minimum absolute atomic E-state index is 0.00743. The lowest BCUT2D eigenvalue weighted by Gasteiger charge is -2.25. The summed E-state index contributed by atoms with van der Waals surface area (Å²) >= 11 is 0. The molecule has 0 aliphatic carbocycles. The van der Waals surface area contributed by atoms with E-state index in [2.05, 4.69) is 10.3 Å². The molecule has 35 heavy (non-hydrogen) atoms. The number of nitrogens with one attached hydrogen (secondary N) is 1. The highest BCUT2D eigenvalue weighted by Gasteiger charge is 2.24. The maximum absolute atomic E-state index is 12.6. The molecule has 0 saturated heterocycles. The third-order valence-electron chi connectivity index (χ3n) is 5.61. The number of non-ortho nitro benzene ring substituents is 1. The molecule has 2 heterocycles. The highest BCUT2D eigenvalue weighted by molar-refractivity contribution is 5.97. The SMILES string of the molecule is Cc1nc2ccc(Cc3ccc4c(c3)C(=O)OC(C=Cc3ccc([N+](=O)[O-])cc3)N4)cc2c(=O)o1. The first-order valence-corrected chi connectivity index (χ1v) is 10.8. The lowest BCUT2D eigenvalue weighted by molar-refractivity contribution is -0.384. The minimum atomic E-state index is -0.674. The van der Waals surface area contributed by atoms with Crippen molar-refractivity contribution >= 4 is 34.3 Å². The number of rotatable bonds is 5. The zero-order valence-electron chi connectivity index (χ0n) is 18.6. The molecule has 0 fully saturated rings. The molecule has 0 saturated carbocycles. The summed E-state index contributed by atoms with van der Waals surface area (Å²) in [4.78, 5) is 39.3. The fraction of sp³-hybridized carbons (Fsp3) is 0.115. The molecule has 1 aliphatic heterocycles. The summed E-state index contributed by atoms with van der Waals surface area (Å²) in [6.45, 7) is 1.63. The number of esters is 1. The number of nitro benzene ring substituents is 1. The molecule has 0 amide bonds. The first kappa shape index (κ1) is 22.0. The summed E-state index contributed by atoms with van der Waals surface area (Å²) in [6.07, 6.45) is 3.23. The first-order chi connectivity index (χ1) is 16.9. The Labute approximate surface area is 198 Å². The fourth-order valence-electron chi connectivity index (χ4n) is 3.92. The molecule has 1 atom stereocenters. The van der Waals surface area contributed by atoms with Crippen molar-refractivity contribution < 1.29 is 18.9 Å². The van der Waals surface area contributed by atoms with Gasteiger partial charge in [0.15, 0.2) is 12.1 Å². The summed E-state index contributed by atoms with van der Waals surface area (Å²) in [5.74, 6) is -0.144. The number of aromatic nitrogens is 1. The number of benzene rings is 3. The van der Waals surface area contributed by atoms with Gasteiger partial charge in [-0.1, -0.05) is 18.2 Å². The van der Waals surface area contributed by atoms with Crippen molar-refractivity contribution in [1.29, 1.82) is 0 Å². The monoisotopic (exact) mass is 469 g/mol. The maximum Gasteiger partial charge on any atom is 0.346 e. The average Bonchev–Trinajstić information content (AvgIpc) is 2.84. The molecular weight excluding hydrogens is 450 g/mol. The Balaban J connectivity index is 1.32. The molecule has 4 aromatic rings. The first-order valence-electron chi connectivity index (χ1n) is 10.8. The number of cyclic esters (lactones) is 1. The Morgan fingerprint density at radius 2 is 1.80 bits per heavy atom. The van der Waals surface area contributed by atoms with Gasteiger partial charge in [-0.15, -0.1) is 0 Å². The van der Waals surface area contributed by atoms with E-state index < -0.39 is 22.7 Å². The molecule has 0 radical (unpaired) electrons. The van der Waals surface area contributed by atoms with E-state index in [-0.39, 0.29) is 5.69 Å². The zero-order chi connectivity index (χ0) is 24.5. The number of carbonyl (C=O) groups excluding carboxylic acids is 1. The quantitative estimate of drug-likeness (QED) is 0.255. The van der Waals surface area contributed by atoms with Crippen molar-refractivity contribution in [2.75, 3.05) is 5.32 Å². The summed E-state index contributed by atoms with van der Waals surface area (Å²) in [5.41, 5.74) is 3.72. The van der Waals surface area contributed by atoms with Crippen LogP contribution in [-0.4, -0.2) is 22.1 Å². The number of fused-ring (bicyclic) bond motifs is 2. The highest BCUT2D eigenvalue weighted by Crippen LogP contribution is 2.27. The third-order valence-corrected chi connectivity index (χ3v) is 5.61. The number of anilines is 1. The second kappa shape index (κ2) is 8.86. The van der Waals surface area contributed by atoms with Gasteiger partial charge in [0.2, 0.25) is 0 Å². The molecule has 1 aromatic heterocycles. The van der Waals surface area contributed by atoms with Crippen LogP contribution in [0, 0.1) is 17.0 Å². The zero-order valence-corrected chi connectivity index (χ0v) is 18.6. The fourth-order valence-corrected chi connectivity index (χ4v) is 3.92. The molecule has 174 valence electrons. The Bertz CT molecular complexity index is 1560. The van der Waals surface area contributed by atoms with Crippen LogP contribution < -0.4 is 10.9 Å². The Kier molecular flexibility index (Phi) is 5.58. The molecular formula is C26H19N3O6. The van der Waals surface area contributed by atoms with Crippen molar-refractivity contribution in [3.05, 3.63) is 115 Å². The van der Waals surface area contributed by atoms with Crippen molar-refractivity contribution in [2.24, 2.45) is 0 Å². The van der Waals surface area contributed by atoms with E-state index in [1.165, 1.54) is 12.1 Å². The second-order valence-corrected chi connectivity index (χ2v) is 8.11. The van der Waals surface area contributed by atoms with Crippen molar-refractivity contribution in [2.45, 2.75) is 19.6 Å². The molecule has 0 bridgehead atoms. The van der Waals surface area contributed by atoms with Crippen LogP contribution in [0.2, 0.25) is 0 Å². The van der Waals surface area contributed by atoms with E-state index in [4.69, 9.17) is 9.15 Å². The predicted octanol–water partition coefficient (Wildman–Crippen LogP) is 4.62. The third kappa shape index (κ3) is 4.65. The number of nitrogens with zero attached hydrogens (tertiary/aromatic N) is 2. The average molecular weight is 469 g/mol. The van der Waals surface area contributed by atoms with E-state index >= 15 is 0 Å². The Morgan fingerprint density at radius 1 is 1.06 bits per heavy atom. The number of aryl methyl sites for hydroxylation is 1. The van der Waals surface area contributed by atoms with Crippen molar-refractivity contribution in [3.8, 4) is 0 Å². The van der Waals surface area contributed by atoms with Crippen LogP contribution in [0.4, 0.5) is 11.4 Å². The molecule has 9 nitrogen and oxygen atoms in total. The summed E-state index contributed by atoms with van der Waals surface area (Å²) in [5, 5.41) is 14.3. The van der Waals surface area contributed by atoms with E-state index in [0.717, 1.165) is 16.7 Å². The molecule has 1 unspecified atom stereocenters. The van der Waals surface area contributed by atoms with Crippen LogP contribution in [-0.2, 0) is 11.2 Å². The van der Waals surface area contributed by atoms with Crippen LogP contribution in [0.1, 0.15) is 32.9 Å². The van der Waals surface area contributed by atoms with Crippen LogP contribution in [0.25, 0.3) is 17.0 Å². The predicted molar refractivity (Wildman–Crippen MR) is 129 cm³/mol. The topological polar surface area (TPSA) is 125 Å². The lowest BCUT2D eigenvalue weighted by atomic mass is 10.00. The van der Waals surface area contributed by atoms with E-state index in [0.29, 0.717) is 34.5 Å². The summed E-state index contributed by atoms with van der Waals surface area (Å²) < 4.78 is 10.6. The van der Waals surface area contributed by atoms with Gasteiger partial charge in [0, 0.05) is 19.1 Å². The van der Waals surface area contributed by atoms with Gasteiger partial charge in [-0.3, -0.25) is 10.1 Å². The van der Waals surface area contributed by atoms with Crippen molar-refractivity contribution in [3.63, 3.8) is 0 Å². The van der Waals surface area contributed by atoms with E-state index in [1.54, 1.807) is 49.4 Å². The smallest absolute Gasteiger partial charge is 0.346 e. The molecule has 0 spiro atoms. The van der Waals surface area contributed by atoms with Crippen LogP contribution in [0.15, 0.2) is 76.0 Å². The number of ether oxygens (including phenoxy) is 1. The number of nitro groups is 1. The molecule has 5 rings (SSSR count). The minimum Gasteiger partial charge on any atom is -0.434 e. The van der Waals surface area contributed by atoms with Gasteiger partial charge >= 0.3 is 11.6 Å². The number of carbonyl (C=O) groups is 1. The number of hydrogen-bond donors (Lipinski definition) is 1. The molecule has 1 N–H and O–H groups in total. The van der Waals surface area contributed by atoms with Gasteiger partial charge in [-0.25, -0.2) is 14.6 Å². The van der Waals surface area contributed by atoms with Gasteiger partial charge in [0.25, 0.3) is 5.69 Å². The standard InChI is InChI=1S/C26H19N3O6/c1-15-27-22-9-4-17(13-20(22)25(30)34-15)12-18-5-10-23-21(14-18)26(31)35-24(28-23)11-6-16-2-7-19(8-3-16)29(32)33/h2-11,13-14,24,28H,12H2,1H3. The van der Waals surface area contributed by atoms with E-state index in [1.807, 2.05) is 18.2 Å². The van der Waals surface area contributed by atoms with E-state index in [9.17, 15) is 19.7 Å². The van der Waals surface area contributed by atoms with Gasteiger partial charge in [-0.2, -0.15) is 0 Å². The van der Waals surface area contributed by atoms with Gasteiger partial charge in [-0.05, 0) is 65.6 Å². The molecule has 3 aromatic carbocycles. The number of hydrogen-bond acceptors (Lipinski definition) is 8. The highest BCUT2D eigenvalue weighted by atomic mass is 16.6. The van der Waals surface area contributed by atoms with Crippen molar-refractivity contribution in [1.82, 2.24) is 4.98 Å². The largest absolute Gasteiger partial charge is 0.434 e. The summed E-state index contributed by atoms with van der Waals surface area (Å²) in [6, 6.07) is 17.0. The molecule has 1 aliphatic rings. The summed E-state index contributed by atoms with van der Waals surface area (Å²) in [7, 11) is 0.